The molecular weight excluding hydrogens is 332 g/mol. The molecule has 0 atom stereocenters. The fourth-order valence-electron chi connectivity index (χ4n) is 1.57. The van der Waals surface area contributed by atoms with Crippen molar-refractivity contribution in [2.24, 2.45) is 15.9 Å². The third kappa shape index (κ3) is 7.45. The van der Waals surface area contributed by atoms with Crippen molar-refractivity contribution >= 4 is 15.7 Å². The van der Waals surface area contributed by atoms with E-state index >= 15 is 0 Å². The van der Waals surface area contributed by atoms with Crippen LogP contribution in [0, 0.1) is 41.4 Å². The average Bonchev–Trinajstić information content (AvgIpc) is 2.44. The van der Waals surface area contributed by atoms with Crippen molar-refractivity contribution in [2.75, 3.05) is 0 Å². The molecule has 1 rings (SSSR count). The molecule has 0 bridgehead atoms. The zero-order valence-corrected chi connectivity index (χ0v) is 16.8. The largest absolute Gasteiger partial charge is 0.276 e. The van der Waals surface area contributed by atoms with Crippen molar-refractivity contribution < 1.29 is 8.42 Å². The molecule has 0 heterocycles. The Morgan fingerprint density at radius 1 is 1.00 bits per heavy atom. The molecule has 25 heavy (non-hydrogen) atoms. The Morgan fingerprint density at radius 3 is 2.04 bits per heavy atom. The Morgan fingerprint density at radius 2 is 1.56 bits per heavy atom. The predicted octanol–water partition coefficient (Wildman–Crippen LogP) is 3.73. The van der Waals surface area contributed by atoms with Gasteiger partial charge in [0, 0.05) is 10.8 Å². The van der Waals surface area contributed by atoms with Gasteiger partial charge in [-0.3, -0.25) is 0 Å². The molecular formula is C20H26N2O2S. The topological polar surface area (TPSA) is 58.5 Å². The lowest BCUT2D eigenvalue weighted by molar-refractivity contribution is 0.571. The minimum Gasteiger partial charge on any atom is -0.200 e. The van der Waals surface area contributed by atoms with E-state index < -0.39 is 15.4 Å². The van der Waals surface area contributed by atoms with Crippen LogP contribution in [-0.2, 0) is 10.0 Å². The van der Waals surface area contributed by atoms with E-state index in [1.54, 1.807) is 24.3 Å². The van der Waals surface area contributed by atoms with Gasteiger partial charge in [0.15, 0.2) is 0 Å². The van der Waals surface area contributed by atoms with Crippen LogP contribution in [-0.4, -0.2) is 14.1 Å². The molecule has 0 spiro atoms. The van der Waals surface area contributed by atoms with E-state index in [0.29, 0.717) is 5.71 Å². The molecule has 5 heteroatoms. The predicted molar refractivity (Wildman–Crippen MR) is 103 cm³/mol. The number of sulfonamides is 1. The smallest absolute Gasteiger partial charge is 0.200 e. The van der Waals surface area contributed by atoms with Gasteiger partial charge in [0.25, 0.3) is 10.0 Å². The van der Waals surface area contributed by atoms with Crippen LogP contribution in [0.1, 0.15) is 47.1 Å². The first-order valence-electron chi connectivity index (χ1n) is 8.01. The first-order valence-corrected chi connectivity index (χ1v) is 9.49. The average molecular weight is 359 g/mol. The molecule has 0 saturated carbocycles. The van der Waals surface area contributed by atoms with Crippen molar-refractivity contribution in [2.45, 2.75) is 53.4 Å². The first kappa shape index (κ1) is 20.8. The minimum atomic E-state index is -3.73. The zero-order valence-electron chi connectivity index (χ0n) is 16.0. The molecule has 0 amide bonds. The monoisotopic (exact) mass is 358 g/mol. The first-order chi connectivity index (χ1) is 11.3. The summed E-state index contributed by atoms with van der Waals surface area (Å²) in [5, 5.41) is 4.04. The molecule has 0 fully saturated rings. The maximum atomic E-state index is 12.3. The van der Waals surface area contributed by atoms with Crippen molar-refractivity contribution in [3.05, 3.63) is 29.8 Å². The Labute approximate surface area is 152 Å². The molecule has 0 aliphatic carbocycles. The zero-order chi connectivity index (χ0) is 19.3. The maximum absolute atomic E-state index is 12.3. The van der Waals surface area contributed by atoms with Gasteiger partial charge in [0.05, 0.1) is 4.90 Å². The van der Waals surface area contributed by atoms with Gasteiger partial charge in [0.1, 0.15) is 5.71 Å². The SMILES string of the molecule is Cc1ccc(S(=O)(=O)N/N=C(/C#CC#CC(C)(C)C)C(C)(C)C)cc1. The minimum absolute atomic E-state index is 0.138. The summed E-state index contributed by atoms with van der Waals surface area (Å²) < 4.78 is 24.7. The molecule has 0 aliphatic rings. The molecule has 0 aliphatic heterocycles. The number of aryl methyl sites for hydroxylation is 1. The number of hydrazone groups is 1. The lowest BCUT2D eigenvalue weighted by Crippen LogP contribution is -2.25. The summed E-state index contributed by atoms with van der Waals surface area (Å²) in [5.41, 5.74) is 0.861. The lowest BCUT2D eigenvalue weighted by Gasteiger charge is -2.16. The Kier molecular flexibility index (Phi) is 6.46. The summed E-state index contributed by atoms with van der Waals surface area (Å²) in [6.07, 6.45) is 0. The van der Waals surface area contributed by atoms with Gasteiger partial charge in [0.2, 0.25) is 0 Å². The standard InChI is InChI=1S/C20H26N2O2S/c1-16-11-13-17(14-12-16)25(23,24)22-21-18(20(5,6)7)10-8-9-15-19(2,3)4/h11-14,22H,1-7H3/b21-18-. The number of nitrogens with one attached hydrogen (secondary N) is 1. The molecule has 134 valence electrons. The third-order valence-corrected chi connectivity index (χ3v) is 4.22. The van der Waals surface area contributed by atoms with E-state index in [9.17, 15) is 8.42 Å². The van der Waals surface area contributed by atoms with Crippen LogP contribution >= 0.6 is 0 Å². The summed E-state index contributed by atoms with van der Waals surface area (Å²) in [7, 11) is -3.73. The molecule has 1 aromatic rings. The van der Waals surface area contributed by atoms with Gasteiger partial charge in [-0.05, 0) is 57.6 Å². The number of hydrogen-bond acceptors (Lipinski definition) is 3. The van der Waals surface area contributed by atoms with Gasteiger partial charge in [-0.2, -0.15) is 18.4 Å². The fourth-order valence-corrected chi connectivity index (χ4v) is 2.38. The van der Waals surface area contributed by atoms with Gasteiger partial charge < -0.3 is 0 Å². The highest BCUT2D eigenvalue weighted by atomic mass is 32.2. The molecule has 0 saturated heterocycles. The molecule has 0 radical (unpaired) electrons. The highest BCUT2D eigenvalue weighted by molar-refractivity contribution is 7.89. The van der Waals surface area contributed by atoms with Crippen LogP contribution in [0.3, 0.4) is 0 Å². The highest BCUT2D eigenvalue weighted by Gasteiger charge is 2.19. The summed E-state index contributed by atoms with van der Waals surface area (Å²) in [6, 6.07) is 6.57. The van der Waals surface area contributed by atoms with Crippen LogP contribution in [0.2, 0.25) is 0 Å². The second-order valence-corrected chi connectivity index (χ2v) is 9.53. The summed E-state index contributed by atoms with van der Waals surface area (Å²) in [5.74, 6) is 11.4. The second kappa shape index (κ2) is 7.76. The van der Waals surface area contributed by atoms with Gasteiger partial charge in [-0.1, -0.05) is 44.4 Å². The van der Waals surface area contributed by atoms with Gasteiger partial charge in [-0.25, -0.2) is 0 Å². The molecule has 0 aromatic heterocycles. The van der Waals surface area contributed by atoms with Crippen molar-refractivity contribution in [3.63, 3.8) is 0 Å². The van der Waals surface area contributed by atoms with Crippen molar-refractivity contribution in [3.8, 4) is 23.7 Å². The number of rotatable bonds is 3. The maximum Gasteiger partial charge on any atom is 0.276 e. The summed E-state index contributed by atoms with van der Waals surface area (Å²) in [4.78, 5) is 2.43. The lowest BCUT2D eigenvalue weighted by atomic mass is 9.90. The molecule has 0 unspecified atom stereocenters. The Hall–Kier alpha value is -2.24. The molecule has 1 N–H and O–H groups in total. The van der Waals surface area contributed by atoms with Crippen molar-refractivity contribution in [1.29, 1.82) is 0 Å². The highest BCUT2D eigenvalue weighted by Crippen LogP contribution is 2.16. The summed E-state index contributed by atoms with van der Waals surface area (Å²) in [6.45, 7) is 13.6. The van der Waals surface area contributed by atoms with Gasteiger partial charge in [-0.15, -0.1) is 0 Å². The number of hydrogen-bond donors (Lipinski definition) is 1. The molecule has 1 aromatic carbocycles. The molecule has 4 nitrogen and oxygen atoms in total. The van der Waals surface area contributed by atoms with Crippen LogP contribution in [0.25, 0.3) is 0 Å². The van der Waals surface area contributed by atoms with Crippen LogP contribution in [0.4, 0.5) is 0 Å². The third-order valence-electron chi connectivity index (χ3n) is 3.00. The van der Waals surface area contributed by atoms with E-state index in [1.807, 2.05) is 48.5 Å². The van der Waals surface area contributed by atoms with Crippen molar-refractivity contribution in [1.82, 2.24) is 4.83 Å². The number of nitrogens with zero attached hydrogens (tertiary/aromatic N) is 1. The van der Waals surface area contributed by atoms with E-state index in [1.165, 1.54) is 0 Å². The van der Waals surface area contributed by atoms with E-state index in [-0.39, 0.29) is 10.3 Å². The van der Waals surface area contributed by atoms with Gasteiger partial charge >= 0.3 is 0 Å². The number of benzene rings is 1. The Balaban J connectivity index is 3.10. The van der Waals surface area contributed by atoms with Crippen LogP contribution in [0.15, 0.2) is 34.3 Å². The fraction of sp³-hybridized carbons (Fsp3) is 0.450. The normalized spacial score (nSPS) is 12.5. The van der Waals surface area contributed by atoms with E-state index in [4.69, 9.17) is 0 Å². The van der Waals surface area contributed by atoms with E-state index in [0.717, 1.165) is 5.56 Å². The van der Waals surface area contributed by atoms with Crippen LogP contribution in [0.5, 0.6) is 0 Å². The quantitative estimate of drug-likeness (QED) is 0.508. The Bertz CT molecular complexity index is 859. The van der Waals surface area contributed by atoms with E-state index in [2.05, 4.69) is 33.6 Å². The second-order valence-electron chi connectivity index (χ2n) is 7.87. The summed E-state index contributed by atoms with van der Waals surface area (Å²) >= 11 is 0. The van der Waals surface area contributed by atoms with Crippen LogP contribution < -0.4 is 4.83 Å².